The minimum Gasteiger partial charge on any atom is -0.399 e. The molecule has 1 fully saturated rings. The highest BCUT2D eigenvalue weighted by Crippen LogP contribution is 2.39. The summed E-state index contributed by atoms with van der Waals surface area (Å²) < 4.78 is 0. The Morgan fingerprint density at radius 1 is 1.31 bits per heavy atom. The first-order valence-corrected chi connectivity index (χ1v) is 4.79. The van der Waals surface area contributed by atoms with Crippen LogP contribution in [-0.2, 0) is 0 Å². The monoisotopic (exact) mass is 176 g/mol. The first kappa shape index (κ1) is 8.57. The van der Waals surface area contributed by atoms with Crippen molar-refractivity contribution in [3.05, 3.63) is 29.3 Å². The van der Waals surface area contributed by atoms with Crippen LogP contribution in [0.3, 0.4) is 0 Å². The molecule has 1 atom stereocenters. The van der Waals surface area contributed by atoms with Crippen LogP contribution >= 0.6 is 0 Å². The van der Waals surface area contributed by atoms with Crippen molar-refractivity contribution in [1.29, 1.82) is 0 Å². The van der Waals surface area contributed by atoms with Crippen molar-refractivity contribution < 1.29 is 0 Å². The van der Waals surface area contributed by atoms with Crippen LogP contribution in [0, 0.1) is 12.8 Å². The average Bonchev–Trinajstić information content (AvgIpc) is 2.83. The number of hydrogen-bond acceptors (Lipinski definition) is 2. The highest BCUT2D eigenvalue weighted by molar-refractivity contribution is 5.45. The summed E-state index contributed by atoms with van der Waals surface area (Å²) >= 11 is 0. The van der Waals surface area contributed by atoms with Gasteiger partial charge in [-0.1, -0.05) is 6.07 Å². The van der Waals surface area contributed by atoms with Crippen molar-refractivity contribution in [3.8, 4) is 0 Å². The quantitative estimate of drug-likeness (QED) is 0.677. The maximum Gasteiger partial charge on any atom is 0.0324 e. The van der Waals surface area contributed by atoms with Crippen LogP contribution in [0.15, 0.2) is 18.2 Å². The van der Waals surface area contributed by atoms with Crippen molar-refractivity contribution in [2.75, 3.05) is 5.73 Å². The smallest absolute Gasteiger partial charge is 0.0324 e. The largest absolute Gasteiger partial charge is 0.399 e. The second-order valence-corrected chi connectivity index (χ2v) is 4.04. The van der Waals surface area contributed by atoms with Crippen molar-refractivity contribution in [3.63, 3.8) is 0 Å². The first-order valence-electron chi connectivity index (χ1n) is 4.79. The third kappa shape index (κ3) is 1.83. The minimum atomic E-state index is 0.196. The zero-order chi connectivity index (χ0) is 9.42. The van der Waals surface area contributed by atoms with Gasteiger partial charge in [-0.05, 0) is 48.9 Å². The standard InChI is InChI=1S/C11H16N2/c1-7-4-9(6-10(12)5-7)11(13)8-2-3-8/h4-6,8,11H,2-3,12-13H2,1H3/t11-/m1/s1. The molecule has 0 aliphatic heterocycles. The minimum absolute atomic E-state index is 0.196. The van der Waals surface area contributed by atoms with Crippen LogP contribution in [0.25, 0.3) is 0 Å². The Hall–Kier alpha value is -1.02. The molecule has 1 aromatic rings. The Morgan fingerprint density at radius 2 is 2.00 bits per heavy atom. The van der Waals surface area contributed by atoms with Crippen LogP contribution in [0.4, 0.5) is 5.69 Å². The van der Waals surface area contributed by atoms with E-state index in [2.05, 4.69) is 13.0 Å². The van der Waals surface area contributed by atoms with Gasteiger partial charge in [-0.15, -0.1) is 0 Å². The Bertz CT molecular complexity index is 296. The molecule has 0 saturated heterocycles. The molecule has 2 heteroatoms. The Labute approximate surface area is 78.9 Å². The van der Waals surface area contributed by atoms with Crippen molar-refractivity contribution >= 4 is 5.69 Å². The number of hydrogen-bond donors (Lipinski definition) is 2. The zero-order valence-corrected chi connectivity index (χ0v) is 7.96. The number of benzene rings is 1. The lowest BCUT2D eigenvalue weighted by Crippen LogP contribution is -2.12. The highest BCUT2D eigenvalue weighted by Gasteiger charge is 2.29. The molecule has 13 heavy (non-hydrogen) atoms. The summed E-state index contributed by atoms with van der Waals surface area (Å²) in [5, 5.41) is 0. The molecule has 70 valence electrons. The van der Waals surface area contributed by atoms with Crippen LogP contribution in [0.5, 0.6) is 0 Å². The van der Waals surface area contributed by atoms with Gasteiger partial charge in [0.05, 0.1) is 0 Å². The van der Waals surface area contributed by atoms with Gasteiger partial charge in [-0.3, -0.25) is 0 Å². The Kier molecular flexibility index (Phi) is 2.00. The van der Waals surface area contributed by atoms with E-state index < -0.39 is 0 Å². The van der Waals surface area contributed by atoms with E-state index in [1.807, 2.05) is 12.1 Å². The normalized spacial score (nSPS) is 18.6. The zero-order valence-electron chi connectivity index (χ0n) is 7.96. The van der Waals surface area contributed by atoms with Crippen molar-refractivity contribution in [1.82, 2.24) is 0 Å². The predicted molar refractivity (Wildman–Crippen MR) is 55.2 cm³/mol. The van der Waals surface area contributed by atoms with Crippen LogP contribution in [0.1, 0.15) is 30.0 Å². The summed E-state index contributed by atoms with van der Waals surface area (Å²) in [4.78, 5) is 0. The predicted octanol–water partition coefficient (Wildman–Crippen LogP) is 1.99. The fraction of sp³-hybridized carbons (Fsp3) is 0.455. The van der Waals surface area contributed by atoms with E-state index >= 15 is 0 Å². The van der Waals surface area contributed by atoms with Gasteiger partial charge < -0.3 is 11.5 Å². The molecule has 0 heterocycles. The lowest BCUT2D eigenvalue weighted by atomic mass is 10.0. The third-order valence-corrected chi connectivity index (χ3v) is 2.64. The molecule has 1 aromatic carbocycles. The van der Waals surface area contributed by atoms with E-state index in [0.29, 0.717) is 5.92 Å². The van der Waals surface area contributed by atoms with E-state index in [1.165, 1.54) is 24.0 Å². The van der Waals surface area contributed by atoms with Gasteiger partial charge in [0.1, 0.15) is 0 Å². The molecule has 1 aliphatic rings. The summed E-state index contributed by atoms with van der Waals surface area (Å²) in [5.74, 6) is 0.696. The lowest BCUT2D eigenvalue weighted by molar-refractivity contribution is 0.633. The van der Waals surface area contributed by atoms with Crippen LogP contribution in [0.2, 0.25) is 0 Å². The number of nitrogens with two attached hydrogens (primary N) is 2. The molecule has 1 saturated carbocycles. The van der Waals surface area contributed by atoms with Crippen molar-refractivity contribution in [2.45, 2.75) is 25.8 Å². The van der Waals surface area contributed by atoms with Gasteiger partial charge >= 0.3 is 0 Å². The van der Waals surface area contributed by atoms with Gasteiger partial charge in [-0.25, -0.2) is 0 Å². The summed E-state index contributed by atoms with van der Waals surface area (Å²) in [6.07, 6.45) is 2.55. The van der Waals surface area contributed by atoms with Gasteiger partial charge in [0.2, 0.25) is 0 Å². The number of aryl methyl sites for hydroxylation is 1. The number of rotatable bonds is 2. The van der Waals surface area contributed by atoms with Crippen LogP contribution in [-0.4, -0.2) is 0 Å². The van der Waals surface area contributed by atoms with E-state index in [9.17, 15) is 0 Å². The lowest BCUT2D eigenvalue weighted by Gasteiger charge is -2.12. The van der Waals surface area contributed by atoms with Gasteiger partial charge in [-0.2, -0.15) is 0 Å². The molecular formula is C11H16N2. The molecule has 0 amide bonds. The van der Waals surface area contributed by atoms with Crippen LogP contribution < -0.4 is 11.5 Å². The fourth-order valence-corrected chi connectivity index (χ4v) is 1.76. The summed E-state index contributed by atoms with van der Waals surface area (Å²) in [6, 6.07) is 6.31. The number of nitrogen functional groups attached to an aromatic ring is 1. The average molecular weight is 176 g/mol. The molecular weight excluding hydrogens is 160 g/mol. The SMILES string of the molecule is Cc1cc(N)cc([C@H](N)C2CC2)c1. The fourth-order valence-electron chi connectivity index (χ4n) is 1.76. The maximum atomic E-state index is 6.08. The summed E-state index contributed by atoms with van der Waals surface area (Å²) in [6.45, 7) is 2.06. The highest BCUT2D eigenvalue weighted by atomic mass is 14.7. The molecule has 4 N–H and O–H groups in total. The Balaban J connectivity index is 2.27. The van der Waals surface area contributed by atoms with E-state index in [4.69, 9.17) is 11.5 Å². The van der Waals surface area contributed by atoms with E-state index in [0.717, 1.165) is 5.69 Å². The molecule has 0 unspecified atom stereocenters. The molecule has 2 nitrogen and oxygen atoms in total. The van der Waals surface area contributed by atoms with Gasteiger partial charge in [0, 0.05) is 11.7 Å². The summed E-state index contributed by atoms with van der Waals surface area (Å²) in [5.41, 5.74) is 15.1. The first-order chi connectivity index (χ1) is 6.16. The molecule has 0 aromatic heterocycles. The van der Waals surface area contributed by atoms with E-state index in [1.54, 1.807) is 0 Å². The van der Waals surface area contributed by atoms with Gasteiger partial charge in [0.15, 0.2) is 0 Å². The maximum absolute atomic E-state index is 6.08. The number of anilines is 1. The second-order valence-electron chi connectivity index (χ2n) is 4.04. The summed E-state index contributed by atoms with van der Waals surface area (Å²) in [7, 11) is 0. The molecule has 0 radical (unpaired) electrons. The van der Waals surface area contributed by atoms with Gasteiger partial charge in [0.25, 0.3) is 0 Å². The topological polar surface area (TPSA) is 52.0 Å². The van der Waals surface area contributed by atoms with Crippen molar-refractivity contribution in [2.24, 2.45) is 11.7 Å². The Morgan fingerprint density at radius 3 is 2.54 bits per heavy atom. The molecule has 0 bridgehead atoms. The third-order valence-electron chi connectivity index (χ3n) is 2.64. The molecule has 1 aliphatic carbocycles. The molecule has 0 spiro atoms. The van der Waals surface area contributed by atoms with E-state index in [-0.39, 0.29) is 6.04 Å². The molecule has 2 rings (SSSR count). The second kappa shape index (κ2) is 3.04.